The largest absolute Gasteiger partial charge is 0.398 e. The number of aryl methyl sites for hydroxylation is 2. The standard InChI is InChI=1S/C21H21N/c1-15-7-10-17(11-8-15)14-18-5-3-4-6-19(18)20-13-16(2)9-12-21(20)22/h3-13H,14,22H2,1-2H3. The van der Waals surface area contributed by atoms with Gasteiger partial charge in [-0.25, -0.2) is 0 Å². The molecule has 0 saturated heterocycles. The first-order valence-corrected chi connectivity index (χ1v) is 7.63. The second-order valence-corrected chi connectivity index (χ2v) is 5.91. The molecular weight excluding hydrogens is 266 g/mol. The summed E-state index contributed by atoms with van der Waals surface area (Å²) in [6.45, 7) is 4.22. The zero-order chi connectivity index (χ0) is 15.5. The summed E-state index contributed by atoms with van der Waals surface area (Å²) in [6, 6.07) is 23.5. The highest BCUT2D eigenvalue weighted by Crippen LogP contribution is 2.31. The SMILES string of the molecule is Cc1ccc(Cc2ccccc2-c2cc(C)ccc2N)cc1. The molecule has 1 heteroatoms. The van der Waals surface area contributed by atoms with Crippen molar-refractivity contribution >= 4 is 5.69 Å². The Hall–Kier alpha value is -2.54. The molecular formula is C21H21N. The molecule has 110 valence electrons. The molecule has 3 rings (SSSR count). The van der Waals surface area contributed by atoms with Gasteiger partial charge in [-0.15, -0.1) is 0 Å². The summed E-state index contributed by atoms with van der Waals surface area (Å²) in [5, 5.41) is 0. The number of nitrogen functional groups attached to an aromatic ring is 1. The monoisotopic (exact) mass is 287 g/mol. The fourth-order valence-electron chi connectivity index (χ4n) is 2.77. The van der Waals surface area contributed by atoms with Crippen LogP contribution in [0.1, 0.15) is 22.3 Å². The lowest BCUT2D eigenvalue weighted by Gasteiger charge is -2.13. The predicted molar refractivity (Wildman–Crippen MR) is 95.0 cm³/mol. The number of rotatable bonds is 3. The van der Waals surface area contributed by atoms with Crippen LogP contribution in [0.3, 0.4) is 0 Å². The molecule has 0 bridgehead atoms. The maximum Gasteiger partial charge on any atom is 0.0394 e. The molecule has 0 spiro atoms. The van der Waals surface area contributed by atoms with Gasteiger partial charge in [-0.05, 0) is 49.1 Å². The predicted octanol–water partition coefficient (Wildman–Crippen LogP) is 5.14. The summed E-state index contributed by atoms with van der Waals surface area (Å²) in [6.07, 6.45) is 0.920. The fourth-order valence-corrected chi connectivity index (χ4v) is 2.77. The molecule has 3 aromatic carbocycles. The lowest BCUT2D eigenvalue weighted by Crippen LogP contribution is -1.96. The van der Waals surface area contributed by atoms with E-state index in [-0.39, 0.29) is 0 Å². The van der Waals surface area contributed by atoms with Crippen LogP contribution in [0, 0.1) is 13.8 Å². The molecule has 22 heavy (non-hydrogen) atoms. The third-order valence-electron chi connectivity index (χ3n) is 4.03. The van der Waals surface area contributed by atoms with Gasteiger partial charge in [-0.2, -0.15) is 0 Å². The topological polar surface area (TPSA) is 26.0 Å². The van der Waals surface area contributed by atoms with E-state index in [1.165, 1.54) is 27.8 Å². The van der Waals surface area contributed by atoms with E-state index < -0.39 is 0 Å². The molecule has 0 atom stereocenters. The highest BCUT2D eigenvalue weighted by molar-refractivity contribution is 5.79. The molecule has 0 heterocycles. The van der Waals surface area contributed by atoms with E-state index in [0.717, 1.165) is 17.7 Å². The number of anilines is 1. The smallest absolute Gasteiger partial charge is 0.0394 e. The van der Waals surface area contributed by atoms with E-state index in [0.29, 0.717) is 0 Å². The van der Waals surface area contributed by atoms with Crippen molar-refractivity contribution in [2.45, 2.75) is 20.3 Å². The Morgan fingerprint density at radius 2 is 1.41 bits per heavy atom. The molecule has 0 aliphatic heterocycles. The molecule has 0 amide bonds. The van der Waals surface area contributed by atoms with Crippen LogP contribution in [0.15, 0.2) is 66.7 Å². The Balaban J connectivity index is 2.03. The minimum atomic E-state index is 0.835. The lowest BCUT2D eigenvalue weighted by atomic mass is 9.93. The summed E-state index contributed by atoms with van der Waals surface area (Å²) >= 11 is 0. The normalized spacial score (nSPS) is 10.6. The quantitative estimate of drug-likeness (QED) is 0.663. The first kappa shape index (κ1) is 14.4. The highest BCUT2D eigenvalue weighted by Gasteiger charge is 2.08. The van der Waals surface area contributed by atoms with E-state index in [1.54, 1.807) is 0 Å². The third kappa shape index (κ3) is 3.04. The van der Waals surface area contributed by atoms with E-state index in [1.807, 2.05) is 6.07 Å². The Bertz CT molecular complexity index is 785. The second kappa shape index (κ2) is 6.07. The maximum absolute atomic E-state index is 6.20. The first-order valence-electron chi connectivity index (χ1n) is 7.63. The van der Waals surface area contributed by atoms with Crippen molar-refractivity contribution in [1.82, 2.24) is 0 Å². The summed E-state index contributed by atoms with van der Waals surface area (Å²) in [4.78, 5) is 0. The summed E-state index contributed by atoms with van der Waals surface area (Å²) in [5.74, 6) is 0. The van der Waals surface area contributed by atoms with Gasteiger partial charge in [-0.1, -0.05) is 65.7 Å². The first-order chi connectivity index (χ1) is 10.6. The van der Waals surface area contributed by atoms with Crippen molar-refractivity contribution in [3.8, 4) is 11.1 Å². The van der Waals surface area contributed by atoms with Crippen LogP contribution in [0.2, 0.25) is 0 Å². The van der Waals surface area contributed by atoms with Gasteiger partial charge in [-0.3, -0.25) is 0 Å². The molecule has 2 N–H and O–H groups in total. The van der Waals surface area contributed by atoms with Crippen LogP contribution < -0.4 is 5.73 Å². The second-order valence-electron chi connectivity index (χ2n) is 5.91. The van der Waals surface area contributed by atoms with Crippen molar-refractivity contribution in [3.63, 3.8) is 0 Å². The summed E-state index contributed by atoms with van der Waals surface area (Å²) < 4.78 is 0. The van der Waals surface area contributed by atoms with Gasteiger partial charge in [0.2, 0.25) is 0 Å². The fraction of sp³-hybridized carbons (Fsp3) is 0.143. The molecule has 0 aromatic heterocycles. The van der Waals surface area contributed by atoms with Gasteiger partial charge in [0, 0.05) is 11.3 Å². The van der Waals surface area contributed by atoms with Crippen LogP contribution in [0.25, 0.3) is 11.1 Å². The van der Waals surface area contributed by atoms with E-state index >= 15 is 0 Å². The van der Waals surface area contributed by atoms with Crippen LogP contribution in [0.4, 0.5) is 5.69 Å². The Morgan fingerprint density at radius 1 is 0.727 bits per heavy atom. The van der Waals surface area contributed by atoms with Crippen LogP contribution in [-0.2, 0) is 6.42 Å². The molecule has 0 fully saturated rings. The molecule has 0 radical (unpaired) electrons. The number of hydrogen-bond acceptors (Lipinski definition) is 1. The molecule has 0 saturated carbocycles. The molecule has 3 aromatic rings. The minimum absolute atomic E-state index is 0.835. The lowest BCUT2D eigenvalue weighted by molar-refractivity contribution is 1.19. The van der Waals surface area contributed by atoms with Gasteiger partial charge in [0.1, 0.15) is 0 Å². The van der Waals surface area contributed by atoms with Crippen LogP contribution in [0.5, 0.6) is 0 Å². The Labute approximate surface area is 132 Å². The van der Waals surface area contributed by atoms with Gasteiger partial charge < -0.3 is 5.73 Å². The van der Waals surface area contributed by atoms with Crippen molar-refractivity contribution in [2.75, 3.05) is 5.73 Å². The molecule has 0 unspecified atom stereocenters. The molecule has 1 nitrogen and oxygen atoms in total. The average Bonchev–Trinajstić information content (AvgIpc) is 2.53. The van der Waals surface area contributed by atoms with Crippen LogP contribution in [-0.4, -0.2) is 0 Å². The van der Waals surface area contributed by atoms with Gasteiger partial charge >= 0.3 is 0 Å². The minimum Gasteiger partial charge on any atom is -0.398 e. The zero-order valence-corrected chi connectivity index (χ0v) is 13.1. The van der Waals surface area contributed by atoms with E-state index in [9.17, 15) is 0 Å². The van der Waals surface area contributed by atoms with Gasteiger partial charge in [0.25, 0.3) is 0 Å². The summed E-state index contributed by atoms with van der Waals surface area (Å²) in [5.41, 5.74) is 14.5. The van der Waals surface area contributed by atoms with E-state index in [4.69, 9.17) is 5.73 Å². The van der Waals surface area contributed by atoms with Gasteiger partial charge in [0.05, 0.1) is 0 Å². The number of hydrogen-bond donors (Lipinski definition) is 1. The Kier molecular flexibility index (Phi) is 3.97. The van der Waals surface area contributed by atoms with Crippen molar-refractivity contribution in [3.05, 3.63) is 89.0 Å². The summed E-state index contributed by atoms with van der Waals surface area (Å²) in [7, 11) is 0. The highest BCUT2D eigenvalue weighted by atomic mass is 14.6. The molecule has 0 aliphatic carbocycles. The maximum atomic E-state index is 6.20. The van der Waals surface area contributed by atoms with Crippen molar-refractivity contribution < 1.29 is 0 Å². The van der Waals surface area contributed by atoms with E-state index in [2.05, 4.69) is 74.5 Å². The number of benzene rings is 3. The van der Waals surface area contributed by atoms with Crippen molar-refractivity contribution in [2.24, 2.45) is 0 Å². The third-order valence-corrected chi connectivity index (χ3v) is 4.03. The Morgan fingerprint density at radius 3 is 2.18 bits per heavy atom. The average molecular weight is 287 g/mol. The van der Waals surface area contributed by atoms with Crippen molar-refractivity contribution in [1.29, 1.82) is 0 Å². The van der Waals surface area contributed by atoms with Gasteiger partial charge in [0.15, 0.2) is 0 Å². The number of nitrogens with two attached hydrogens (primary N) is 1. The molecule has 0 aliphatic rings. The van der Waals surface area contributed by atoms with Crippen LogP contribution >= 0.6 is 0 Å². The zero-order valence-electron chi connectivity index (χ0n) is 13.1.